The van der Waals surface area contributed by atoms with Gasteiger partial charge in [0, 0.05) is 16.3 Å². The van der Waals surface area contributed by atoms with Crippen LogP contribution in [0, 0.1) is 11.8 Å². The lowest BCUT2D eigenvalue weighted by Crippen LogP contribution is -2.37. The van der Waals surface area contributed by atoms with Crippen LogP contribution in [-0.4, -0.2) is 18.7 Å². The van der Waals surface area contributed by atoms with Crippen molar-refractivity contribution < 1.29 is 14.3 Å². The third-order valence-corrected chi connectivity index (χ3v) is 5.61. The summed E-state index contributed by atoms with van der Waals surface area (Å²) in [4.78, 5) is 12.3. The number of carbonyl (C=O) groups is 1. The van der Waals surface area contributed by atoms with E-state index in [9.17, 15) is 4.79 Å². The number of hydrogen-bond donors (Lipinski definition) is 0. The van der Waals surface area contributed by atoms with Gasteiger partial charge in [-0.1, -0.05) is 46.3 Å². The molecule has 0 radical (unpaired) electrons. The van der Waals surface area contributed by atoms with Gasteiger partial charge in [-0.15, -0.1) is 0 Å². The highest BCUT2D eigenvalue weighted by Gasteiger charge is 2.48. The second-order valence-electron chi connectivity index (χ2n) is 6.60. The molecule has 0 spiro atoms. The van der Waals surface area contributed by atoms with E-state index in [0.29, 0.717) is 6.61 Å². The zero-order valence-corrected chi connectivity index (χ0v) is 14.8. The largest absolute Gasteiger partial charge is 0.490 e. The van der Waals surface area contributed by atoms with Crippen molar-refractivity contribution in [2.75, 3.05) is 6.61 Å². The maximum Gasteiger partial charge on any atom is 0.309 e. The van der Waals surface area contributed by atoms with Crippen LogP contribution in [0.5, 0.6) is 5.75 Å². The van der Waals surface area contributed by atoms with Gasteiger partial charge < -0.3 is 9.47 Å². The maximum atomic E-state index is 12.3. The zero-order chi connectivity index (χ0) is 16.5. The van der Waals surface area contributed by atoms with E-state index in [1.807, 2.05) is 42.5 Å². The summed E-state index contributed by atoms with van der Waals surface area (Å²) in [7, 11) is 0. The van der Waals surface area contributed by atoms with Gasteiger partial charge in [0.2, 0.25) is 0 Å². The predicted molar refractivity (Wildman–Crippen MR) is 94.9 cm³/mol. The molecular weight excluding hydrogens is 368 g/mol. The van der Waals surface area contributed by atoms with Gasteiger partial charge in [-0.05, 0) is 42.7 Å². The third-order valence-electron chi connectivity index (χ3n) is 5.08. The molecule has 1 aliphatic carbocycles. The van der Waals surface area contributed by atoms with Gasteiger partial charge in [-0.3, -0.25) is 4.79 Å². The van der Waals surface area contributed by atoms with Gasteiger partial charge in [0.05, 0.1) is 18.6 Å². The van der Waals surface area contributed by atoms with E-state index >= 15 is 0 Å². The summed E-state index contributed by atoms with van der Waals surface area (Å²) in [6.07, 6.45) is 1.82. The number of benzene rings is 2. The Morgan fingerprint density at radius 3 is 2.50 bits per heavy atom. The Morgan fingerprint density at radius 1 is 1.00 bits per heavy atom. The average molecular weight is 387 g/mol. The molecule has 1 heterocycles. The van der Waals surface area contributed by atoms with Crippen LogP contribution >= 0.6 is 15.9 Å². The molecule has 4 rings (SSSR count). The van der Waals surface area contributed by atoms with Crippen molar-refractivity contribution in [3.8, 4) is 5.75 Å². The number of ether oxygens (including phenoxy) is 2. The molecule has 0 aromatic heterocycles. The summed E-state index contributed by atoms with van der Waals surface area (Å²) in [5.74, 6) is 1.20. The van der Waals surface area contributed by atoms with E-state index in [4.69, 9.17) is 9.47 Å². The lowest BCUT2D eigenvalue weighted by molar-refractivity contribution is -0.142. The lowest BCUT2D eigenvalue weighted by Gasteiger charge is -2.36. The van der Waals surface area contributed by atoms with Crippen LogP contribution in [0.2, 0.25) is 0 Å². The molecule has 1 saturated heterocycles. The molecule has 3 nitrogen and oxygen atoms in total. The Bertz CT molecular complexity index is 713. The first-order valence-electron chi connectivity index (χ1n) is 8.34. The van der Waals surface area contributed by atoms with Crippen molar-refractivity contribution in [1.82, 2.24) is 0 Å². The molecule has 4 atom stereocenters. The fourth-order valence-corrected chi connectivity index (χ4v) is 4.26. The number of para-hydroxylation sites is 1. The monoisotopic (exact) mass is 386 g/mol. The minimum absolute atomic E-state index is 0.0400. The standard InChI is InChI=1S/C20H19BrO3/c21-15-8-6-13(7-9-15)18-11-17(24-16-4-2-1-3-5-16)10-14-12-23-20(22)19(14)18/h1-9,14,17-19H,10-12H2/t14-,17-,18+,19+/m0/s1. The molecule has 24 heavy (non-hydrogen) atoms. The van der Waals surface area contributed by atoms with Crippen LogP contribution in [0.3, 0.4) is 0 Å². The molecule has 1 aliphatic heterocycles. The van der Waals surface area contributed by atoms with E-state index in [2.05, 4.69) is 28.1 Å². The number of rotatable bonds is 3. The first kappa shape index (κ1) is 15.7. The van der Waals surface area contributed by atoms with Crippen LogP contribution in [0.1, 0.15) is 24.3 Å². The van der Waals surface area contributed by atoms with Gasteiger partial charge in [0.15, 0.2) is 0 Å². The zero-order valence-electron chi connectivity index (χ0n) is 13.2. The Balaban J connectivity index is 1.59. The van der Waals surface area contributed by atoms with Crippen molar-refractivity contribution in [3.05, 3.63) is 64.6 Å². The molecule has 2 aromatic rings. The fourth-order valence-electron chi connectivity index (χ4n) is 3.99. The Hall–Kier alpha value is -1.81. The fraction of sp³-hybridized carbons (Fsp3) is 0.350. The Kier molecular flexibility index (Phi) is 4.31. The highest BCUT2D eigenvalue weighted by Crippen LogP contribution is 2.46. The van der Waals surface area contributed by atoms with Gasteiger partial charge in [0.1, 0.15) is 5.75 Å². The van der Waals surface area contributed by atoms with Crippen LogP contribution < -0.4 is 4.74 Å². The van der Waals surface area contributed by atoms with E-state index < -0.39 is 0 Å². The van der Waals surface area contributed by atoms with Crippen LogP contribution in [0.25, 0.3) is 0 Å². The van der Waals surface area contributed by atoms with Crippen molar-refractivity contribution in [1.29, 1.82) is 0 Å². The van der Waals surface area contributed by atoms with Crippen molar-refractivity contribution >= 4 is 21.9 Å². The SMILES string of the molecule is O=C1OC[C@@H]2C[C@H](Oc3ccccc3)C[C@H](c3ccc(Br)cc3)[C@H]12. The number of hydrogen-bond acceptors (Lipinski definition) is 3. The topological polar surface area (TPSA) is 35.5 Å². The van der Waals surface area contributed by atoms with Crippen molar-refractivity contribution in [2.45, 2.75) is 24.9 Å². The first-order valence-corrected chi connectivity index (χ1v) is 9.14. The highest BCUT2D eigenvalue weighted by molar-refractivity contribution is 9.10. The minimum Gasteiger partial charge on any atom is -0.490 e. The van der Waals surface area contributed by atoms with Crippen molar-refractivity contribution in [3.63, 3.8) is 0 Å². The average Bonchev–Trinajstić information content (AvgIpc) is 2.97. The molecular formula is C20H19BrO3. The summed E-state index contributed by atoms with van der Waals surface area (Å²) in [6.45, 7) is 0.519. The molecule has 4 heteroatoms. The number of fused-ring (bicyclic) bond motifs is 1. The second-order valence-corrected chi connectivity index (χ2v) is 7.51. The third kappa shape index (κ3) is 3.07. The lowest BCUT2D eigenvalue weighted by atomic mass is 9.69. The van der Waals surface area contributed by atoms with E-state index in [1.165, 1.54) is 5.56 Å². The van der Waals surface area contributed by atoms with E-state index in [1.54, 1.807) is 0 Å². The summed E-state index contributed by atoms with van der Waals surface area (Å²) >= 11 is 3.48. The molecule has 124 valence electrons. The second kappa shape index (κ2) is 6.60. The number of esters is 1. The molecule has 2 aliphatic rings. The first-order chi connectivity index (χ1) is 11.7. The maximum absolute atomic E-state index is 12.3. The predicted octanol–water partition coefficient (Wildman–Crippen LogP) is 4.56. The molecule has 2 fully saturated rings. The van der Waals surface area contributed by atoms with E-state index in [-0.39, 0.29) is 29.8 Å². The van der Waals surface area contributed by atoms with Crippen LogP contribution in [0.4, 0.5) is 0 Å². The summed E-state index contributed by atoms with van der Waals surface area (Å²) < 4.78 is 12.6. The van der Waals surface area contributed by atoms with Gasteiger partial charge in [-0.25, -0.2) is 0 Å². The molecule has 0 N–H and O–H groups in total. The Labute approximate surface area is 150 Å². The van der Waals surface area contributed by atoms with Gasteiger partial charge in [-0.2, -0.15) is 0 Å². The summed E-state index contributed by atoms with van der Waals surface area (Å²) in [6, 6.07) is 18.2. The number of halogens is 1. The van der Waals surface area contributed by atoms with Crippen LogP contribution in [0.15, 0.2) is 59.1 Å². The summed E-state index contributed by atoms with van der Waals surface area (Å²) in [5, 5.41) is 0. The minimum atomic E-state index is -0.0499. The van der Waals surface area contributed by atoms with Gasteiger partial charge >= 0.3 is 5.97 Å². The summed E-state index contributed by atoms with van der Waals surface area (Å²) in [5.41, 5.74) is 1.19. The normalized spacial score (nSPS) is 29.0. The van der Waals surface area contributed by atoms with Gasteiger partial charge in [0.25, 0.3) is 0 Å². The molecule has 0 bridgehead atoms. The highest BCUT2D eigenvalue weighted by atomic mass is 79.9. The number of carbonyl (C=O) groups excluding carboxylic acids is 1. The smallest absolute Gasteiger partial charge is 0.309 e. The molecule has 0 unspecified atom stereocenters. The Morgan fingerprint density at radius 2 is 1.75 bits per heavy atom. The van der Waals surface area contributed by atoms with Crippen LogP contribution in [-0.2, 0) is 9.53 Å². The number of cyclic esters (lactones) is 1. The molecule has 1 saturated carbocycles. The van der Waals surface area contributed by atoms with E-state index in [0.717, 1.165) is 23.1 Å². The van der Waals surface area contributed by atoms with Crippen molar-refractivity contribution in [2.24, 2.45) is 11.8 Å². The quantitative estimate of drug-likeness (QED) is 0.725. The molecule has 0 amide bonds. The molecule has 2 aromatic carbocycles.